The van der Waals surface area contributed by atoms with Crippen molar-refractivity contribution in [1.29, 1.82) is 0 Å². The van der Waals surface area contributed by atoms with E-state index in [0.29, 0.717) is 36.6 Å². The smallest absolute Gasteiger partial charge is 0.251 e. The molecule has 3 rings (SSSR count). The third-order valence-corrected chi connectivity index (χ3v) is 5.31. The highest BCUT2D eigenvalue weighted by Gasteiger charge is 2.27. The second-order valence-corrected chi connectivity index (χ2v) is 7.50. The summed E-state index contributed by atoms with van der Waals surface area (Å²) in [5.74, 6) is -0.192. The molecule has 1 saturated heterocycles. The largest absolute Gasteiger partial charge is 0.496 e. The number of hydrogen-bond donors (Lipinski definition) is 2. The highest BCUT2D eigenvalue weighted by Crippen LogP contribution is 2.24. The third kappa shape index (κ3) is 5.79. The number of carbonyl (C=O) groups is 2. The molecule has 30 heavy (non-hydrogen) atoms. The van der Waals surface area contributed by atoms with E-state index in [2.05, 4.69) is 10.6 Å². The van der Waals surface area contributed by atoms with Gasteiger partial charge >= 0.3 is 0 Å². The number of aryl methyl sites for hydroxylation is 1. The molecule has 2 N–H and O–H groups in total. The number of hydrogen-bond acceptors (Lipinski definition) is 4. The van der Waals surface area contributed by atoms with E-state index in [4.69, 9.17) is 9.47 Å². The number of halogens is 1. The molecule has 0 spiro atoms. The SMILES string of the molecule is COc1cc(NC(=O)[C@H](CC2CCOCC2)NC(=O)c2ccc(F)cc2)ccc1C. The average Bonchev–Trinajstić information content (AvgIpc) is 2.75. The topological polar surface area (TPSA) is 76.7 Å². The normalized spacial score (nSPS) is 15.3. The van der Waals surface area contributed by atoms with Crippen LogP contribution in [0.1, 0.15) is 35.2 Å². The minimum absolute atomic E-state index is 0.274. The van der Waals surface area contributed by atoms with Crippen LogP contribution in [-0.4, -0.2) is 38.2 Å². The van der Waals surface area contributed by atoms with Gasteiger partial charge in [-0.05, 0) is 68.0 Å². The van der Waals surface area contributed by atoms with Crippen molar-refractivity contribution in [2.75, 3.05) is 25.6 Å². The Morgan fingerprint density at radius 1 is 1.17 bits per heavy atom. The lowest BCUT2D eigenvalue weighted by Gasteiger charge is -2.27. The van der Waals surface area contributed by atoms with Gasteiger partial charge in [0.15, 0.2) is 0 Å². The van der Waals surface area contributed by atoms with Crippen molar-refractivity contribution in [2.24, 2.45) is 5.92 Å². The first-order valence-electron chi connectivity index (χ1n) is 10.1. The summed E-state index contributed by atoms with van der Waals surface area (Å²) in [6.07, 6.45) is 2.19. The Balaban J connectivity index is 1.74. The van der Waals surface area contributed by atoms with Gasteiger partial charge in [0.1, 0.15) is 17.6 Å². The maximum absolute atomic E-state index is 13.2. The number of amides is 2. The molecule has 0 aliphatic carbocycles. The van der Waals surface area contributed by atoms with Crippen molar-refractivity contribution in [3.63, 3.8) is 0 Å². The van der Waals surface area contributed by atoms with Crippen LogP contribution in [0.25, 0.3) is 0 Å². The lowest BCUT2D eigenvalue weighted by Crippen LogP contribution is -2.45. The van der Waals surface area contributed by atoms with Crippen LogP contribution < -0.4 is 15.4 Å². The van der Waals surface area contributed by atoms with Crippen molar-refractivity contribution >= 4 is 17.5 Å². The van der Waals surface area contributed by atoms with Gasteiger partial charge in [-0.25, -0.2) is 4.39 Å². The first-order valence-corrected chi connectivity index (χ1v) is 10.1. The van der Waals surface area contributed by atoms with Crippen LogP contribution in [0, 0.1) is 18.7 Å². The van der Waals surface area contributed by atoms with Gasteiger partial charge in [0.2, 0.25) is 5.91 Å². The predicted molar refractivity (Wildman–Crippen MR) is 112 cm³/mol. The lowest BCUT2D eigenvalue weighted by molar-refractivity contribution is -0.118. The van der Waals surface area contributed by atoms with Crippen LogP contribution in [-0.2, 0) is 9.53 Å². The van der Waals surface area contributed by atoms with Gasteiger partial charge in [-0.15, -0.1) is 0 Å². The summed E-state index contributed by atoms with van der Waals surface area (Å²) in [5, 5.41) is 5.69. The van der Waals surface area contributed by atoms with Gasteiger partial charge in [-0.1, -0.05) is 6.07 Å². The first-order chi connectivity index (χ1) is 14.5. The zero-order chi connectivity index (χ0) is 21.5. The molecule has 7 heteroatoms. The highest BCUT2D eigenvalue weighted by molar-refractivity contribution is 6.01. The van der Waals surface area contributed by atoms with Crippen molar-refractivity contribution in [3.05, 3.63) is 59.4 Å². The summed E-state index contributed by atoms with van der Waals surface area (Å²) in [4.78, 5) is 25.7. The van der Waals surface area contributed by atoms with E-state index < -0.39 is 17.8 Å². The summed E-state index contributed by atoms with van der Waals surface area (Å²) < 4.78 is 23.9. The number of ether oxygens (including phenoxy) is 2. The second-order valence-electron chi connectivity index (χ2n) is 7.50. The molecule has 1 heterocycles. The molecule has 2 aromatic rings. The third-order valence-electron chi connectivity index (χ3n) is 5.31. The number of anilines is 1. The predicted octanol–water partition coefficient (Wildman–Crippen LogP) is 3.70. The number of methoxy groups -OCH3 is 1. The van der Waals surface area contributed by atoms with E-state index in [1.54, 1.807) is 19.2 Å². The Kier molecular flexibility index (Phi) is 7.41. The van der Waals surface area contributed by atoms with Crippen molar-refractivity contribution in [2.45, 2.75) is 32.2 Å². The average molecular weight is 414 g/mol. The fourth-order valence-electron chi connectivity index (χ4n) is 3.52. The fourth-order valence-corrected chi connectivity index (χ4v) is 3.52. The maximum Gasteiger partial charge on any atom is 0.251 e. The van der Waals surface area contributed by atoms with E-state index in [1.165, 1.54) is 24.3 Å². The molecule has 2 amide bonds. The van der Waals surface area contributed by atoms with Crippen molar-refractivity contribution in [3.8, 4) is 5.75 Å². The molecule has 1 aliphatic rings. The van der Waals surface area contributed by atoms with Gasteiger partial charge in [-0.2, -0.15) is 0 Å². The summed E-state index contributed by atoms with van der Waals surface area (Å²) in [6.45, 7) is 3.22. The molecule has 0 aromatic heterocycles. The zero-order valence-electron chi connectivity index (χ0n) is 17.2. The van der Waals surface area contributed by atoms with Gasteiger partial charge in [0.05, 0.1) is 7.11 Å². The van der Waals surface area contributed by atoms with Crippen molar-refractivity contribution < 1.29 is 23.5 Å². The molecular formula is C23H27FN2O4. The molecule has 160 valence electrons. The van der Waals surface area contributed by atoms with Crippen LogP contribution in [0.2, 0.25) is 0 Å². The summed E-state index contributed by atoms with van der Waals surface area (Å²) in [7, 11) is 1.57. The van der Waals surface area contributed by atoms with Gasteiger partial charge in [0.25, 0.3) is 5.91 Å². The van der Waals surface area contributed by atoms with Crippen LogP contribution in [0.4, 0.5) is 10.1 Å². The van der Waals surface area contributed by atoms with Crippen molar-refractivity contribution in [1.82, 2.24) is 5.32 Å². The molecule has 0 bridgehead atoms. The number of rotatable bonds is 7. The Morgan fingerprint density at radius 3 is 2.53 bits per heavy atom. The highest BCUT2D eigenvalue weighted by atomic mass is 19.1. The number of benzene rings is 2. The summed E-state index contributed by atoms with van der Waals surface area (Å²) in [5.41, 5.74) is 1.85. The molecule has 1 fully saturated rings. The second kappa shape index (κ2) is 10.2. The summed E-state index contributed by atoms with van der Waals surface area (Å²) in [6, 6.07) is 9.93. The van der Waals surface area contributed by atoms with Gasteiger partial charge < -0.3 is 20.1 Å². The lowest BCUT2D eigenvalue weighted by atomic mass is 9.92. The number of nitrogens with one attached hydrogen (secondary N) is 2. The molecule has 2 aromatic carbocycles. The minimum Gasteiger partial charge on any atom is -0.496 e. The quantitative estimate of drug-likeness (QED) is 0.724. The van der Waals surface area contributed by atoms with E-state index in [1.807, 2.05) is 13.0 Å². The van der Waals surface area contributed by atoms with E-state index in [9.17, 15) is 14.0 Å². The molecular weight excluding hydrogens is 387 g/mol. The summed E-state index contributed by atoms with van der Waals surface area (Å²) >= 11 is 0. The Bertz CT molecular complexity index is 879. The van der Waals surface area contributed by atoms with E-state index >= 15 is 0 Å². The first kappa shape index (κ1) is 21.8. The molecule has 0 unspecified atom stereocenters. The van der Waals surface area contributed by atoms with Crippen LogP contribution >= 0.6 is 0 Å². The number of carbonyl (C=O) groups excluding carboxylic acids is 2. The fraction of sp³-hybridized carbons (Fsp3) is 0.391. The molecule has 6 nitrogen and oxygen atoms in total. The molecule has 0 radical (unpaired) electrons. The van der Waals surface area contributed by atoms with E-state index in [-0.39, 0.29) is 11.8 Å². The van der Waals surface area contributed by atoms with Gasteiger partial charge in [0, 0.05) is 30.5 Å². The minimum atomic E-state index is -0.724. The monoisotopic (exact) mass is 414 g/mol. The maximum atomic E-state index is 13.2. The zero-order valence-corrected chi connectivity index (χ0v) is 17.2. The Labute approximate surface area is 175 Å². The Hall–Kier alpha value is -2.93. The molecule has 1 aliphatic heterocycles. The Morgan fingerprint density at radius 2 is 1.87 bits per heavy atom. The van der Waals surface area contributed by atoms with E-state index in [0.717, 1.165) is 18.4 Å². The van der Waals surface area contributed by atoms with Gasteiger partial charge in [-0.3, -0.25) is 9.59 Å². The van der Waals surface area contributed by atoms with Crippen LogP contribution in [0.15, 0.2) is 42.5 Å². The molecule has 0 saturated carbocycles. The van der Waals surface area contributed by atoms with Crippen LogP contribution in [0.3, 0.4) is 0 Å². The van der Waals surface area contributed by atoms with Crippen LogP contribution in [0.5, 0.6) is 5.75 Å². The molecule has 1 atom stereocenters. The standard InChI is InChI=1S/C23H27FN2O4/c1-15-3-8-19(14-21(15)29-2)25-23(28)20(13-16-9-11-30-12-10-16)26-22(27)17-4-6-18(24)7-5-17/h3-8,14,16,20H,9-13H2,1-2H3,(H,25,28)(H,26,27)/t20-/m0/s1.